The number of nitrogens with one attached hydrogen (secondary N) is 1. The third-order valence-electron chi connectivity index (χ3n) is 3.12. The SMILES string of the molecule is COC(=O)c1ccc(NC(=O)/C=C/c2ccc(OC)cc2)cc1. The number of methoxy groups -OCH3 is 2. The van der Waals surface area contributed by atoms with Gasteiger partial charge in [-0.3, -0.25) is 4.79 Å². The molecule has 0 bridgehead atoms. The Labute approximate surface area is 134 Å². The van der Waals surface area contributed by atoms with E-state index in [2.05, 4.69) is 10.1 Å². The molecule has 2 rings (SSSR count). The van der Waals surface area contributed by atoms with E-state index >= 15 is 0 Å². The van der Waals surface area contributed by atoms with Crippen molar-refractivity contribution in [3.8, 4) is 5.75 Å². The van der Waals surface area contributed by atoms with Gasteiger partial charge in [0.1, 0.15) is 5.75 Å². The van der Waals surface area contributed by atoms with Crippen LogP contribution in [0.25, 0.3) is 6.08 Å². The van der Waals surface area contributed by atoms with Gasteiger partial charge in [-0.25, -0.2) is 4.79 Å². The van der Waals surface area contributed by atoms with E-state index in [9.17, 15) is 9.59 Å². The summed E-state index contributed by atoms with van der Waals surface area (Å²) in [5.41, 5.74) is 1.92. The number of carbonyl (C=O) groups excluding carboxylic acids is 2. The Bertz CT molecular complexity index is 703. The fourth-order valence-electron chi connectivity index (χ4n) is 1.88. The van der Waals surface area contributed by atoms with E-state index in [0.717, 1.165) is 11.3 Å². The number of rotatable bonds is 5. The van der Waals surface area contributed by atoms with E-state index in [1.54, 1.807) is 37.5 Å². The van der Waals surface area contributed by atoms with Gasteiger partial charge in [-0.15, -0.1) is 0 Å². The first-order chi connectivity index (χ1) is 11.1. The highest BCUT2D eigenvalue weighted by Gasteiger charge is 2.05. The maximum absolute atomic E-state index is 11.9. The molecule has 0 heterocycles. The number of anilines is 1. The van der Waals surface area contributed by atoms with Crippen molar-refractivity contribution in [2.45, 2.75) is 0 Å². The van der Waals surface area contributed by atoms with Crippen LogP contribution in [0.5, 0.6) is 5.75 Å². The molecule has 0 saturated carbocycles. The number of amides is 1. The highest BCUT2D eigenvalue weighted by molar-refractivity contribution is 6.02. The molecule has 5 heteroatoms. The molecule has 0 fully saturated rings. The maximum Gasteiger partial charge on any atom is 0.337 e. The first kappa shape index (κ1) is 16.3. The van der Waals surface area contributed by atoms with E-state index in [0.29, 0.717) is 11.3 Å². The van der Waals surface area contributed by atoms with E-state index in [4.69, 9.17) is 4.74 Å². The lowest BCUT2D eigenvalue weighted by molar-refractivity contribution is -0.111. The Kier molecular flexibility index (Phi) is 5.52. The van der Waals surface area contributed by atoms with Gasteiger partial charge in [-0.2, -0.15) is 0 Å². The van der Waals surface area contributed by atoms with E-state index in [1.165, 1.54) is 13.2 Å². The van der Waals surface area contributed by atoms with Gasteiger partial charge in [0.15, 0.2) is 0 Å². The topological polar surface area (TPSA) is 64.6 Å². The molecule has 118 valence electrons. The summed E-state index contributed by atoms with van der Waals surface area (Å²) in [6.45, 7) is 0. The number of esters is 1. The molecular weight excluding hydrogens is 294 g/mol. The third-order valence-corrected chi connectivity index (χ3v) is 3.12. The minimum atomic E-state index is -0.415. The Morgan fingerprint density at radius 3 is 2.17 bits per heavy atom. The molecule has 0 aliphatic carbocycles. The highest BCUT2D eigenvalue weighted by Crippen LogP contribution is 2.13. The smallest absolute Gasteiger partial charge is 0.337 e. The highest BCUT2D eigenvalue weighted by atomic mass is 16.5. The van der Waals surface area contributed by atoms with Crippen molar-refractivity contribution in [3.05, 3.63) is 65.7 Å². The Morgan fingerprint density at radius 2 is 1.61 bits per heavy atom. The fourth-order valence-corrected chi connectivity index (χ4v) is 1.88. The maximum atomic E-state index is 11.9. The molecular formula is C18H17NO4. The molecule has 0 aromatic heterocycles. The van der Waals surface area contributed by atoms with Gasteiger partial charge < -0.3 is 14.8 Å². The van der Waals surface area contributed by atoms with Crippen LogP contribution in [0.3, 0.4) is 0 Å². The van der Waals surface area contributed by atoms with E-state index in [1.807, 2.05) is 24.3 Å². The fraction of sp³-hybridized carbons (Fsp3) is 0.111. The molecule has 0 aliphatic heterocycles. The van der Waals surface area contributed by atoms with Gasteiger partial charge in [0.05, 0.1) is 19.8 Å². The Balaban J connectivity index is 1.95. The molecule has 0 unspecified atom stereocenters. The molecule has 23 heavy (non-hydrogen) atoms. The van der Waals surface area contributed by atoms with Crippen LogP contribution in [0.4, 0.5) is 5.69 Å². The minimum absolute atomic E-state index is 0.258. The van der Waals surface area contributed by atoms with Crippen molar-refractivity contribution in [3.63, 3.8) is 0 Å². The van der Waals surface area contributed by atoms with Crippen molar-refractivity contribution in [1.29, 1.82) is 0 Å². The second kappa shape index (κ2) is 7.79. The third kappa shape index (κ3) is 4.71. The first-order valence-electron chi connectivity index (χ1n) is 6.94. The van der Waals surface area contributed by atoms with Crippen LogP contribution in [0, 0.1) is 0 Å². The van der Waals surface area contributed by atoms with Crippen LogP contribution in [0.2, 0.25) is 0 Å². The number of ether oxygens (including phenoxy) is 2. The van der Waals surface area contributed by atoms with Crippen molar-refractivity contribution in [2.24, 2.45) is 0 Å². The van der Waals surface area contributed by atoms with Gasteiger partial charge in [-0.1, -0.05) is 12.1 Å². The van der Waals surface area contributed by atoms with Crippen molar-refractivity contribution >= 4 is 23.6 Å². The van der Waals surface area contributed by atoms with Crippen LogP contribution in [-0.4, -0.2) is 26.1 Å². The molecule has 2 aromatic rings. The summed E-state index contributed by atoms with van der Waals surface area (Å²) >= 11 is 0. The quantitative estimate of drug-likeness (QED) is 0.680. The molecule has 0 saturated heterocycles. The van der Waals surface area contributed by atoms with Crippen LogP contribution in [0.15, 0.2) is 54.6 Å². The predicted octanol–water partition coefficient (Wildman–Crippen LogP) is 3.13. The van der Waals surface area contributed by atoms with Crippen LogP contribution in [0.1, 0.15) is 15.9 Å². The summed E-state index contributed by atoms with van der Waals surface area (Å²) in [5.74, 6) is 0.0891. The summed E-state index contributed by atoms with van der Waals surface area (Å²) in [5, 5.41) is 2.72. The second-order valence-corrected chi connectivity index (χ2v) is 4.66. The lowest BCUT2D eigenvalue weighted by atomic mass is 10.2. The molecule has 0 radical (unpaired) electrons. The Morgan fingerprint density at radius 1 is 0.957 bits per heavy atom. The molecule has 0 spiro atoms. The monoisotopic (exact) mass is 311 g/mol. The van der Waals surface area contributed by atoms with E-state index < -0.39 is 5.97 Å². The largest absolute Gasteiger partial charge is 0.497 e. The second-order valence-electron chi connectivity index (χ2n) is 4.66. The van der Waals surface area contributed by atoms with Crippen LogP contribution < -0.4 is 10.1 Å². The van der Waals surface area contributed by atoms with Gasteiger partial charge in [0.25, 0.3) is 0 Å². The number of carbonyl (C=O) groups is 2. The summed E-state index contributed by atoms with van der Waals surface area (Å²) in [7, 11) is 2.92. The van der Waals surface area contributed by atoms with Gasteiger partial charge in [0.2, 0.25) is 5.91 Å². The van der Waals surface area contributed by atoms with Crippen molar-refractivity contribution in [2.75, 3.05) is 19.5 Å². The minimum Gasteiger partial charge on any atom is -0.497 e. The Hall–Kier alpha value is -3.08. The first-order valence-corrected chi connectivity index (χ1v) is 6.94. The van der Waals surface area contributed by atoms with Gasteiger partial charge in [0, 0.05) is 11.8 Å². The molecule has 2 aromatic carbocycles. The summed E-state index contributed by atoms with van der Waals surface area (Å²) < 4.78 is 9.69. The normalized spacial score (nSPS) is 10.3. The zero-order valence-corrected chi connectivity index (χ0v) is 12.9. The standard InChI is InChI=1S/C18H17NO4/c1-22-16-10-3-13(4-11-16)5-12-17(20)19-15-8-6-14(7-9-15)18(21)23-2/h3-12H,1-2H3,(H,19,20)/b12-5+. The predicted molar refractivity (Wildman–Crippen MR) is 88.4 cm³/mol. The van der Waals surface area contributed by atoms with Gasteiger partial charge in [-0.05, 0) is 48.0 Å². The average Bonchev–Trinajstić information content (AvgIpc) is 2.60. The zero-order chi connectivity index (χ0) is 16.7. The van der Waals surface area contributed by atoms with Crippen molar-refractivity contribution < 1.29 is 19.1 Å². The van der Waals surface area contributed by atoms with Crippen molar-refractivity contribution in [1.82, 2.24) is 0 Å². The molecule has 0 aliphatic rings. The number of hydrogen-bond donors (Lipinski definition) is 1. The summed E-state index contributed by atoms with van der Waals surface area (Å²) in [6.07, 6.45) is 3.15. The number of hydrogen-bond acceptors (Lipinski definition) is 4. The zero-order valence-electron chi connectivity index (χ0n) is 12.9. The van der Waals surface area contributed by atoms with Crippen LogP contribution >= 0.6 is 0 Å². The molecule has 0 atom stereocenters. The molecule has 1 N–H and O–H groups in total. The summed E-state index contributed by atoms with van der Waals surface area (Å²) in [6, 6.07) is 13.8. The number of benzene rings is 2. The lowest BCUT2D eigenvalue weighted by Crippen LogP contribution is -2.08. The average molecular weight is 311 g/mol. The lowest BCUT2D eigenvalue weighted by Gasteiger charge is -2.04. The molecule has 5 nitrogen and oxygen atoms in total. The van der Waals surface area contributed by atoms with Gasteiger partial charge >= 0.3 is 5.97 Å². The van der Waals surface area contributed by atoms with Crippen LogP contribution in [-0.2, 0) is 9.53 Å². The molecule has 1 amide bonds. The summed E-state index contributed by atoms with van der Waals surface area (Å²) in [4.78, 5) is 23.2. The van der Waals surface area contributed by atoms with E-state index in [-0.39, 0.29) is 5.91 Å².